The third-order valence-corrected chi connectivity index (χ3v) is 3.44. The second-order valence-electron chi connectivity index (χ2n) is 4.92. The van der Waals surface area contributed by atoms with Gasteiger partial charge in [0.05, 0.1) is 12.1 Å². The quantitative estimate of drug-likeness (QED) is 0.820. The summed E-state index contributed by atoms with van der Waals surface area (Å²) >= 11 is 5.76. The van der Waals surface area contributed by atoms with Gasteiger partial charge in [-0.3, -0.25) is 4.79 Å². The molecule has 20 heavy (non-hydrogen) atoms. The first-order valence-electron chi connectivity index (χ1n) is 6.63. The fourth-order valence-corrected chi connectivity index (χ4v) is 2.17. The van der Waals surface area contributed by atoms with E-state index in [4.69, 9.17) is 16.3 Å². The highest BCUT2D eigenvalue weighted by atomic mass is 35.5. The summed E-state index contributed by atoms with van der Waals surface area (Å²) in [4.78, 5) is 11.7. The molecule has 1 amide bonds. The number of halogens is 1. The van der Waals surface area contributed by atoms with Crippen LogP contribution in [0.25, 0.3) is 0 Å². The summed E-state index contributed by atoms with van der Waals surface area (Å²) in [6.45, 7) is 0.133. The lowest BCUT2D eigenvalue weighted by molar-refractivity contribution is -0.124. The number of carbonyl (C=O) groups is 1. The van der Waals surface area contributed by atoms with Gasteiger partial charge in [0, 0.05) is 5.02 Å². The number of hydrogen-bond acceptors (Lipinski definition) is 3. The SMILES string of the molecule is O=C(COc1ccc(Cl)cc1)NCC1(O)C=CCCC1. The molecule has 4 nitrogen and oxygen atoms in total. The summed E-state index contributed by atoms with van der Waals surface area (Å²) < 4.78 is 5.33. The average Bonchev–Trinajstić information content (AvgIpc) is 2.45. The van der Waals surface area contributed by atoms with E-state index in [-0.39, 0.29) is 19.1 Å². The molecule has 0 fully saturated rings. The van der Waals surface area contributed by atoms with Crippen molar-refractivity contribution in [1.82, 2.24) is 5.32 Å². The first-order valence-corrected chi connectivity index (χ1v) is 7.00. The molecule has 0 saturated heterocycles. The molecule has 2 rings (SSSR count). The molecule has 0 bridgehead atoms. The van der Waals surface area contributed by atoms with Gasteiger partial charge in [0.1, 0.15) is 5.75 Å². The van der Waals surface area contributed by atoms with E-state index < -0.39 is 5.60 Å². The van der Waals surface area contributed by atoms with Crippen molar-refractivity contribution in [2.24, 2.45) is 0 Å². The van der Waals surface area contributed by atoms with Crippen LogP contribution in [0.15, 0.2) is 36.4 Å². The number of ether oxygens (including phenoxy) is 1. The maximum absolute atomic E-state index is 11.7. The molecule has 0 aromatic heterocycles. The van der Waals surface area contributed by atoms with Crippen LogP contribution in [0.3, 0.4) is 0 Å². The molecule has 1 aromatic rings. The van der Waals surface area contributed by atoms with Crippen molar-refractivity contribution >= 4 is 17.5 Å². The Balaban J connectivity index is 1.74. The first kappa shape index (κ1) is 14.9. The molecule has 0 saturated carbocycles. The number of aliphatic hydroxyl groups is 1. The molecular weight excluding hydrogens is 278 g/mol. The Morgan fingerprint density at radius 3 is 2.80 bits per heavy atom. The van der Waals surface area contributed by atoms with Crippen LogP contribution in [0.1, 0.15) is 19.3 Å². The van der Waals surface area contributed by atoms with Gasteiger partial charge in [-0.25, -0.2) is 0 Å². The van der Waals surface area contributed by atoms with Crippen molar-refractivity contribution in [2.45, 2.75) is 24.9 Å². The van der Waals surface area contributed by atoms with Gasteiger partial charge >= 0.3 is 0 Å². The molecule has 1 aromatic carbocycles. The van der Waals surface area contributed by atoms with Gasteiger partial charge in [-0.15, -0.1) is 0 Å². The van der Waals surface area contributed by atoms with Crippen molar-refractivity contribution in [1.29, 1.82) is 0 Å². The summed E-state index contributed by atoms with van der Waals surface area (Å²) in [5.74, 6) is 0.327. The molecule has 0 aliphatic heterocycles. The Labute approximate surface area is 123 Å². The van der Waals surface area contributed by atoms with E-state index in [0.717, 1.165) is 12.8 Å². The molecule has 1 atom stereocenters. The van der Waals surface area contributed by atoms with Crippen LogP contribution >= 0.6 is 11.6 Å². The highest BCUT2D eigenvalue weighted by molar-refractivity contribution is 6.30. The molecule has 0 spiro atoms. The number of rotatable bonds is 5. The highest BCUT2D eigenvalue weighted by Crippen LogP contribution is 2.21. The Bertz CT molecular complexity index is 486. The topological polar surface area (TPSA) is 58.6 Å². The van der Waals surface area contributed by atoms with Crippen LogP contribution in [0.4, 0.5) is 0 Å². The van der Waals surface area contributed by atoms with E-state index >= 15 is 0 Å². The van der Waals surface area contributed by atoms with Gasteiger partial charge in [0.25, 0.3) is 5.91 Å². The zero-order chi connectivity index (χ0) is 14.4. The van der Waals surface area contributed by atoms with Crippen LogP contribution < -0.4 is 10.1 Å². The molecule has 0 radical (unpaired) electrons. The van der Waals surface area contributed by atoms with Crippen molar-refractivity contribution < 1.29 is 14.6 Å². The van der Waals surface area contributed by atoms with Crippen LogP contribution in [-0.2, 0) is 4.79 Å². The minimum absolute atomic E-state index is 0.0819. The van der Waals surface area contributed by atoms with E-state index in [1.165, 1.54) is 0 Å². The summed E-state index contributed by atoms with van der Waals surface area (Å²) in [5, 5.41) is 13.5. The van der Waals surface area contributed by atoms with Gasteiger partial charge in [-0.2, -0.15) is 0 Å². The first-order chi connectivity index (χ1) is 9.57. The fraction of sp³-hybridized carbons (Fsp3) is 0.400. The van der Waals surface area contributed by atoms with E-state index in [1.807, 2.05) is 6.08 Å². The van der Waals surface area contributed by atoms with E-state index in [2.05, 4.69) is 5.32 Å². The maximum atomic E-state index is 11.7. The lowest BCUT2D eigenvalue weighted by Gasteiger charge is -2.27. The molecule has 1 aliphatic carbocycles. The minimum atomic E-state index is -0.922. The van der Waals surface area contributed by atoms with Gasteiger partial charge < -0.3 is 15.2 Å². The van der Waals surface area contributed by atoms with E-state index in [9.17, 15) is 9.90 Å². The Hall–Kier alpha value is -1.52. The van der Waals surface area contributed by atoms with Crippen molar-refractivity contribution in [3.63, 3.8) is 0 Å². The van der Waals surface area contributed by atoms with Gasteiger partial charge in [0.2, 0.25) is 0 Å². The number of nitrogens with one attached hydrogen (secondary N) is 1. The fourth-order valence-electron chi connectivity index (χ4n) is 2.04. The Kier molecular flexibility index (Phi) is 5.04. The largest absolute Gasteiger partial charge is 0.484 e. The van der Waals surface area contributed by atoms with E-state index in [0.29, 0.717) is 17.2 Å². The Morgan fingerprint density at radius 2 is 2.15 bits per heavy atom. The molecule has 2 N–H and O–H groups in total. The normalized spacial score (nSPS) is 21.5. The monoisotopic (exact) mass is 295 g/mol. The lowest BCUT2D eigenvalue weighted by atomic mass is 9.91. The third-order valence-electron chi connectivity index (χ3n) is 3.18. The molecule has 1 unspecified atom stereocenters. The third kappa shape index (κ3) is 4.54. The number of hydrogen-bond donors (Lipinski definition) is 2. The van der Waals surface area contributed by atoms with Crippen molar-refractivity contribution in [3.8, 4) is 5.75 Å². The van der Waals surface area contributed by atoms with E-state index in [1.54, 1.807) is 30.3 Å². The summed E-state index contributed by atoms with van der Waals surface area (Å²) in [6.07, 6.45) is 6.29. The summed E-state index contributed by atoms with van der Waals surface area (Å²) in [6, 6.07) is 6.80. The van der Waals surface area contributed by atoms with Crippen molar-refractivity contribution in [2.75, 3.05) is 13.2 Å². The average molecular weight is 296 g/mol. The standard InChI is InChI=1S/C15H18ClNO3/c16-12-4-6-13(7-5-12)20-10-14(18)17-11-15(19)8-2-1-3-9-15/h2,4-8,19H,1,3,9-11H2,(H,17,18). The minimum Gasteiger partial charge on any atom is -0.484 e. The maximum Gasteiger partial charge on any atom is 0.258 e. The number of amides is 1. The second-order valence-corrected chi connectivity index (χ2v) is 5.35. The van der Waals surface area contributed by atoms with Crippen LogP contribution in [0.2, 0.25) is 5.02 Å². The predicted molar refractivity (Wildman–Crippen MR) is 77.9 cm³/mol. The van der Waals surface area contributed by atoms with Crippen LogP contribution in [-0.4, -0.2) is 29.8 Å². The lowest BCUT2D eigenvalue weighted by Crippen LogP contribution is -2.43. The van der Waals surface area contributed by atoms with Crippen LogP contribution in [0.5, 0.6) is 5.75 Å². The Morgan fingerprint density at radius 1 is 1.40 bits per heavy atom. The zero-order valence-electron chi connectivity index (χ0n) is 11.1. The highest BCUT2D eigenvalue weighted by Gasteiger charge is 2.25. The molecule has 108 valence electrons. The second kappa shape index (κ2) is 6.77. The smallest absolute Gasteiger partial charge is 0.258 e. The zero-order valence-corrected chi connectivity index (χ0v) is 11.9. The number of allylic oxidation sites excluding steroid dienone is 1. The summed E-state index contributed by atoms with van der Waals surface area (Å²) in [5.41, 5.74) is -0.922. The van der Waals surface area contributed by atoms with Gasteiger partial charge in [-0.1, -0.05) is 23.8 Å². The molecule has 5 heteroatoms. The van der Waals surface area contributed by atoms with Gasteiger partial charge in [-0.05, 0) is 43.5 Å². The van der Waals surface area contributed by atoms with Crippen LogP contribution in [0, 0.1) is 0 Å². The molecule has 0 heterocycles. The predicted octanol–water partition coefficient (Wildman–Crippen LogP) is 2.31. The molecular formula is C15H18ClNO3. The number of benzene rings is 1. The van der Waals surface area contributed by atoms with Crippen molar-refractivity contribution in [3.05, 3.63) is 41.4 Å². The summed E-state index contributed by atoms with van der Waals surface area (Å²) in [7, 11) is 0. The number of carbonyl (C=O) groups excluding carboxylic acids is 1. The molecule has 1 aliphatic rings. The van der Waals surface area contributed by atoms with Gasteiger partial charge in [0.15, 0.2) is 6.61 Å².